The lowest BCUT2D eigenvalue weighted by Crippen LogP contribution is -2.20. The summed E-state index contributed by atoms with van der Waals surface area (Å²) in [4.78, 5) is 26.6. The molecular weight excluding hydrogens is 308 g/mol. The number of nitrogens with zero attached hydrogens (tertiary/aromatic N) is 2. The molecule has 2 aromatic rings. The highest BCUT2D eigenvalue weighted by Crippen LogP contribution is 2.13. The molecule has 0 saturated heterocycles. The van der Waals surface area contributed by atoms with Gasteiger partial charge in [0.2, 0.25) is 0 Å². The molecule has 124 valence electrons. The summed E-state index contributed by atoms with van der Waals surface area (Å²) in [5, 5.41) is 4.17. The van der Waals surface area contributed by atoms with Crippen molar-refractivity contribution in [3.05, 3.63) is 59.9 Å². The number of ether oxygens (including phenoxy) is 1. The zero-order chi connectivity index (χ0) is 17.4. The maximum Gasteiger partial charge on any atom is 0.272 e. The molecular formula is C17H18N4O3. The number of rotatable bonds is 7. The Kier molecular flexibility index (Phi) is 6.01. The number of hydrogen-bond acceptors (Lipinski definition) is 5. The lowest BCUT2D eigenvalue weighted by atomic mass is 10.1. The van der Waals surface area contributed by atoms with E-state index in [1.807, 2.05) is 6.92 Å². The van der Waals surface area contributed by atoms with Crippen LogP contribution in [0.2, 0.25) is 0 Å². The van der Waals surface area contributed by atoms with Crippen LogP contribution >= 0.6 is 0 Å². The minimum atomic E-state index is -0.534. The first kappa shape index (κ1) is 17.1. The number of nitrogens with one attached hydrogen (secondary N) is 1. The van der Waals surface area contributed by atoms with Gasteiger partial charge in [-0.3, -0.25) is 14.6 Å². The smallest absolute Gasteiger partial charge is 0.272 e. The number of carbonyl (C=O) groups is 2. The third-order valence-electron chi connectivity index (χ3n) is 3.12. The number of carbonyl (C=O) groups excluding carboxylic acids is 2. The number of primary amides is 1. The summed E-state index contributed by atoms with van der Waals surface area (Å²) >= 11 is 0. The van der Waals surface area contributed by atoms with Crippen LogP contribution in [0, 0.1) is 0 Å². The Morgan fingerprint density at radius 1 is 1.21 bits per heavy atom. The fraction of sp³-hybridized carbons (Fsp3) is 0.176. The molecule has 2 rings (SSSR count). The van der Waals surface area contributed by atoms with Gasteiger partial charge in [0.05, 0.1) is 11.3 Å². The van der Waals surface area contributed by atoms with Crippen molar-refractivity contribution in [2.75, 3.05) is 6.61 Å². The second kappa shape index (κ2) is 8.42. The molecule has 2 amide bonds. The molecule has 0 atom stereocenters. The van der Waals surface area contributed by atoms with Gasteiger partial charge >= 0.3 is 0 Å². The highest BCUT2D eigenvalue weighted by Gasteiger charge is 2.06. The summed E-state index contributed by atoms with van der Waals surface area (Å²) in [5.41, 5.74) is 9.54. The Labute approximate surface area is 139 Å². The molecule has 1 aromatic heterocycles. The molecule has 0 fully saturated rings. The number of hydrogen-bond donors (Lipinski definition) is 2. The minimum absolute atomic E-state index is 0.171. The Balaban J connectivity index is 2.04. The molecule has 7 heteroatoms. The van der Waals surface area contributed by atoms with Crippen molar-refractivity contribution in [3.8, 4) is 5.75 Å². The van der Waals surface area contributed by atoms with E-state index >= 15 is 0 Å². The van der Waals surface area contributed by atoms with E-state index in [9.17, 15) is 9.59 Å². The number of hydrazone groups is 1. The molecule has 0 bridgehead atoms. The van der Waals surface area contributed by atoms with Gasteiger partial charge in [-0.05, 0) is 48.4 Å². The standard InChI is InChI=1S/C17H18N4O3/c1-2-15(20-21-17(23)13-4-3-9-19-10-13)12-5-7-14(8-6-12)24-11-16(18)22/h3-10H,2,11H2,1H3,(H2,18,22)(H,21,23). The molecule has 7 nitrogen and oxygen atoms in total. The topological polar surface area (TPSA) is 107 Å². The molecule has 0 spiro atoms. The van der Waals surface area contributed by atoms with Crippen LogP contribution in [0.5, 0.6) is 5.75 Å². The second-order valence-corrected chi connectivity index (χ2v) is 4.87. The van der Waals surface area contributed by atoms with Crippen molar-refractivity contribution in [2.24, 2.45) is 10.8 Å². The Morgan fingerprint density at radius 3 is 2.54 bits per heavy atom. The van der Waals surface area contributed by atoms with E-state index in [0.29, 0.717) is 23.4 Å². The highest BCUT2D eigenvalue weighted by molar-refractivity contribution is 6.02. The molecule has 24 heavy (non-hydrogen) atoms. The summed E-state index contributed by atoms with van der Waals surface area (Å²) in [6.45, 7) is 1.77. The molecule has 0 saturated carbocycles. The van der Waals surface area contributed by atoms with E-state index in [-0.39, 0.29) is 12.5 Å². The van der Waals surface area contributed by atoms with Gasteiger partial charge in [-0.15, -0.1) is 0 Å². The van der Waals surface area contributed by atoms with E-state index in [2.05, 4.69) is 15.5 Å². The largest absolute Gasteiger partial charge is 0.484 e. The zero-order valence-electron chi connectivity index (χ0n) is 13.2. The van der Waals surface area contributed by atoms with Gasteiger partial charge in [-0.25, -0.2) is 5.43 Å². The lowest BCUT2D eigenvalue weighted by molar-refractivity contribution is -0.119. The molecule has 1 aromatic carbocycles. The third kappa shape index (κ3) is 4.91. The van der Waals surface area contributed by atoms with Crippen LogP contribution in [0.3, 0.4) is 0 Å². The van der Waals surface area contributed by atoms with E-state index < -0.39 is 5.91 Å². The van der Waals surface area contributed by atoms with Crippen LogP contribution in [0.1, 0.15) is 29.3 Å². The lowest BCUT2D eigenvalue weighted by Gasteiger charge is -2.07. The highest BCUT2D eigenvalue weighted by atomic mass is 16.5. The maximum absolute atomic E-state index is 12.0. The zero-order valence-corrected chi connectivity index (χ0v) is 13.2. The van der Waals surface area contributed by atoms with Crippen molar-refractivity contribution in [3.63, 3.8) is 0 Å². The van der Waals surface area contributed by atoms with Crippen LogP contribution in [-0.4, -0.2) is 29.1 Å². The second-order valence-electron chi connectivity index (χ2n) is 4.87. The van der Waals surface area contributed by atoms with E-state index in [0.717, 1.165) is 5.56 Å². The Bertz CT molecular complexity index is 727. The van der Waals surface area contributed by atoms with Crippen molar-refractivity contribution in [1.82, 2.24) is 10.4 Å². The van der Waals surface area contributed by atoms with Crippen molar-refractivity contribution >= 4 is 17.5 Å². The molecule has 0 radical (unpaired) electrons. The van der Waals surface area contributed by atoms with Crippen LogP contribution in [0.15, 0.2) is 53.9 Å². The number of benzene rings is 1. The van der Waals surface area contributed by atoms with Crippen molar-refractivity contribution < 1.29 is 14.3 Å². The number of aromatic nitrogens is 1. The fourth-order valence-electron chi connectivity index (χ4n) is 1.93. The molecule has 0 unspecified atom stereocenters. The molecule has 0 aliphatic heterocycles. The molecule has 3 N–H and O–H groups in total. The van der Waals surface area contributed by atoms with E-state index in [1.165, 1.54) is 6.20 Å². The Hall–Kier alpha value is -3.22. The fourth-order valence-corrected chi connectivity index (χ4v) is 1.93. The van der Waals surface area contributed by atoms with E-state index in [1.54, 1.807) is 42.6 Å². The SMILES string of the molecule is CCC(=NNC(=O)c1cccnc1)c1ccc(OCC(N)=O)cc1. The van der Waals surface area contributed by atoms with Crippen LogP contribution in [-0.2, 0) is 4.79 Å². The van der Waals surface area contributed by atoms with Crippen LogP contribution in [0.25, 0.3) is 0 Å². The summed E-state index contributed by atoms with van der Waals surface area (Å²) in [6, 6.07) is 10.4. The first-order valence-electron chi connectivity index (χ1n) is 7.38. The maximum atomic E-state index is 12.0. The average molecular weight is 326 g/mol. The first-order valence-corrected chi connectivity index (χ1v) is 7.38. The predicted molar refractivity (Wildman–Crippen MR) is 89.7 cm³/mol. The summed E-state index contributed by atoms with van der Waals surface area (Å²) in [5.74, 6) is -0.323. The minimum Gasteiger partial charge on any atom is -0.484 e. The summed E-state index contributed by atoms with van der Waals surface area (Å²) in [6.07, 6.45) is 3.70. The van der Waals surface area contributed by atoms with Gasteiger partial charge in [-0.2, -0.15) is 5.10 Å². The molecule has 1 heterocycles. The van der Waals surface area contributed by atoms with Crippen LogP contribution < -0.4 is 15.9 Å². The Morgan fingerprint density at radius 2 is 1.96 bits per heavy atom. The van der Waals surface area contributed by atoms with Gasteiger partial charge in [0.15, 0.2) is 6.61 Å². The van der Waals surface area contributed by atoms with Crippen molar-refractivity contribution in [2.45, 2.75) is 13.3 Å². The summed E-state index contributed by atoms with van der Waals surface area (Å²) < 4.78 is 5.20. The average Bonchev–Trinajstić information content (AvgIpc) is 2.62. The third-order valence-corrected chi connectivity index (χ3v) is 3.12. The van der Waals surface area contributed by atoms with Gasteiger partial charge < -0.3 is 10.5 Å². The number of nitrogens with two attached hydrogens (primary N) is 1. The summed E-state index contributed by atoms with van der Waals surface area (Å²) in [7, 11) is 0. The monoisotopic (exact) mass is 326 g/mol. The van der Waals surface area contributed by atoms with Gasteiger partial charge in [0.1, 0.15) is 5.75 Å². The van der Waals surface area contributed by atoms with Crippen LogP contribution in [0.4, 0.5) is 0 Å². The predicted octanol–water partition coefficient (Wildman–Crippen LogP) is 1.49. The van der Waals surface area contributed by atoms with Gasteiger partial charge in [-0.1, -0.05) is 6.92 Å². The molecule has 0 aliphatic carbocycles. The van der Waals surface area contributed by atoms with Gasteiger partial charge in [0, 0.05) is 12.4 Å². The quantitative estimate of drug-likeness (QED) is 0.594. The molecule has 0 aliphatic rings. The number of amides is 2. The van der Waals surface area contributed by atoms with Crippen molar-refractivity contribution in [1.29, 1.82) is 0 Å². The first-order chi connectivity index (χ1) is 11.6. The normalized spacial score (nSPS) is 11.0. The van der Waals surface area contributed by atoms with Gasteiger partial charge in [0.25, 0.3) is 11.8 Å². The van der Waals surface area contributed by atoms with E-state index in [4.69, 9.17) is 10.5 Å². The number of pyridine rings is 1.